The van der Waals surface area contributed by atoms with E-state index in [9.17, 15) is 14.4 Å². The highest BCUT2D eigenvalue weighted by Gasteiger charge is 2.19. The third-order valence-corrected chi connectivity index (χ3v) is 12.0. The minimum absolute atomic E-state index is 0.0983. The Morgan fingerprint density at radius 1 is 0.333 bits per heavy atom. The van der Waals surface area contributed by atoms with Crippen molar-refractivity contribution in [3.63, 3.8) is 0 Å². The van der Waals surface area contributed by atoms with Crippen LogP contribution < -0.4 is 0 Å². The maximum atomic E-state index is 12.8. The third kappa shape index (κ3) is 51.8. The molecular formula is C60H104O6. The van der Waals surface area contributed by atoms with Crippen LogP contribution in [0, 0.1) is 0 Å². The van der Waals surface area contributed by atoms with Gasteiger partial charge in [-0.3, -0.25) is 14.4 Å². The van der Waals surface area contributed by atoms with Gasteiger partial charge in [0.2, 0.25) is 0 Å². The molecule has 0 aliphatic carbocycles. The molecule has 1 unspecified atom stereocenters. The van der Waals surface area contributed by atoms with Crippen LogP contribution in [-0.2, 0) is 28.6 Å². The molecule has 0 radical (unpaired) electrons. The molecule has 380 valence electrons. The molecule has 0 rings (SSSR count). The summed E-state index contributed by atoms with van der Waals surface area (Å²) in [5.74, 6) is -1.04. The lowest BCUT2D eigenvalue weighted by atomic mass is 10.0. The molecule has 0 aliphatic heterocycles. The first-order valence-electron chi connectivity index (χ1n) is 27.9. The van der Waals surface area contributed by atoms with Crippen molar-refractivity contribution in [2.24, 2.45) is 0 Å². The standard InChI is InChI=1S/C60H104O6/c1-4-7-10-13-16-19-22-25-28-29-30-33-35-38-41-44-47-50-53-59(62)65-56-57(66-60(63)54-51-48-45-42-39-36-32-27-24-21-18-15-12-9-6-3)55-64-58(61)52-49-46-43-40-37-34-31-26-23-20-17-14-11-8-5-2/h9,12,18,21,27-29,32,39,42,48,51,57H,4-8,10-11,13-17,19-20,22-26,30-31,33-38,40-41,43-47,49-50,52-56H2,1-3H3/b12-9-,21-18-,29-28-,32-27-,42-39-,51-48-. The van der Waals surface area contributed by atoms with E-state index < -0.39 is 12.1 Å². The molecule has 1 atom stereocenters. The molecule has 0 aromatic carbocycles. The van der Waals surface area contributed by atoms with Gasteiger partial charge >= 0.3 is 17.9 Å². The van der Waals surface area contributed by atoms with Crippen molar-refractivity contribution in [2.45, 2.75) is 277 Å². The van der Waals surface area contributed by atoms with Crippen LogP contribution in [0.2, 0.25) is 0 Å². The average Bonchev–Trinajstić information content (AvgIpc) is 3.31. The zero-order valence-electron chi connectivity index (χ0n) is 43.4. The number of hydrogen-bond acceptors (Lipinski definition) is 6. The van der Waals surface area contributed by atoms with E-state index in [2.05, 4.69) is 81.5 Å². The topological polar surface area (TPSA) is 78.9 Å². The Labute approximate surface area is 408 Å². The Hall–Kier alpha value is -3.15. The first kappa shape index (κ1) is 62.8. The molecule has 0 fully saturated rings. The highest BCUT2D eigenvalue weighted by Crippen LogP contribution is 2.15. The molecule has 0 heterocycles. The summed E-state index contributed by atoms with van der Waals surface area (Å²) in [6.45, 7) is 6.46. The molecule has 6 heteroatoms. The number of allylic oxidation sites excluding steroid dienone is 11. The summed E-state index contributed by atoms with van der Waals surface area (Å²) in [5, 5.41) is 0. The van der Waals surface area contributed by atoms with Gasteiger partial charge in [-0.2, -0.15) is 0 Å². The van der Waals surface area contributed by atoms with Crippen molar-refractivity contribution < 1.29 is 28.6 Å². The molecule has 66 heavy (non-hydrogen) atoms. The monoisotopic (exact) mass is 921 g/mol. The van der Waals surface area contributed by atoms with Gasteiger partial charge in [0.05, 0.1) is 6.42 Å². The zero-order chi connectivity index (χ0) is 47.9. The minimum Gasteiger partial charge on any atom is -0.462 e. The van der Waals surface area contributed by atoms with E-state index in [0.29, 0.717) is 12.8 Å². The quantitative estimate of drug-likeness (QED) is 0.0262. The number of unbranched alkanes of at least 4 members (excludes halogenated alkanes) is 28. The van der Waals surface area contributed by atoms with Crippen LogP contribution in [0.5, 0.6) is 0 Å². The fourth-order valence-electron chi connectivity index (χ4n) is 7.81. The van der Waals surface area contributed by atoms with Gasteiger partial charge in [-0.25, -0.2) is 0 Å². The van der Waals surface area contributed by atoms with Gasteiger partial charge in [0.15, 0.2) is 6.10 Å². The number of rotatable bonds is 50. The largest absolute Gasteiger partial charge is 0.462 e. The van der Waals surface area contributed by atoms with Crippen LogP contribution in [0.25, 0.3) is 0 Å². The second-order valence-electron chi connectivity index (χ2n) is 18.5. The molecule has 0 saturated carbocycles. The maximum absolute atomic E-state index is 12.8. The predicted molar refractivity (Wildman–Crippen MR) is 284 cm³/mol. The minimum atomic E-state index is -0.829. The van der Waals surface area contributed by atoms with Gasteiger partial charge in [-0.05, 0) is 70.6 Å². The molecule has 0 aromatic rings. The van der Waals surface area contributed by atoms with Crippen molar-refractivity contribution in [1.82, 2.24) is 0 Å². The summed E-state index contributed by atoms with van der Waals surface area (Å²) in [7, 11) is 0. The molecule has 0 aliphatic rings. The molecule has 0 aromatic heterocycles. The van der Waals surface area contributed by atoms with Gasteiger partial charge in [0.1, 0.15) is 13.2 Å². The SMILES string of the molecule is CC/C=C\C/C=C\C/C=C\C/C=C\C/C=C\CC(=O)OC(COC(=O)CCCCCCCCC/C=C\CCCCCCCCC)COC(=O)CCCCCCCCCCCCCCCCC. The van der Waals surface area contributed by atoms with Gasteiger partial charge in [0.25, 0.3) is 0 Å². The van der Waals surface area contributed by atoms with E-state index in [1.54, 1.807) is 6.08 Å². The smallest absolute Gasteiger partial charge is 0.310 e. The number of hydrogen-bond donors (Lipinski definition) is 0. The second-order valence-corrected chi connectivity index (χ2v) is 18.5. The van der Waals surface area contributed by atoms with Gasteiger partial charge in [-0.15, -0.1) is 0 Å². The van der Waals surface area contributed by atoms with E-state index in [1.165, 1.54) is 161 Å². The van der Waals surface area contributed by atoms with Gasteiger partial charge in [-0.1, -0.05) is 254 Å². The van der Waals surface area contributed by atoms with Crippen molar-refractivity contribution in [3.8, 4) is 0 Å². The molecule has 0 N–H and O–H groups in total. The average molecular weight is 921 g/mol. The molecule has 6 nitrogen and oxygen atoms in total. The Morgan fingerprint density at radius 2 is 0.636 bits per heavy atom. The fourth-order valence-corrected chi connectivity index (χ4v) is 7.81. The lowest BCUT2D eigenvalue weighted by molar-refractivity contribution is -0.166. The first-order chi connectivity index (χ1) is 32.5. The van der Waals surface area contributed by atoms with Crippen LogP contribution in [0.4, 0.5) is 0 Å². The highest BCUT2D eigenvalue weighted by atomic mass is 16.6. The lowest BCUT2D eigenvalue weighted by Crippen LogP contribution is -2.30. The summed E-state index contributed by atoms with van der Waals surface area (Å²) in [6, 6.07) is 0. The molecular weight excluding hydrogens is 817 g/mol. The Morgan fingerprint density at radius 3 is 0.985 bits per heavy atom. The van der Waals surface area contributed by atoms with Crippen molar-refractivity contribution in [1.29, 1.82) is 0 Å². The number of carbonyl (C=O) groups is 3. The molecule has 0 bridgehead atoms. The van der Waals surface area contributed by atoms with E-state index in [-0.39, 0.29) is 31.6 Å². The van der Waals surface area contributed by atoms with Crippen molar-refractivity contribution >= 4 is 17.9 Å². The number of esters is 3. The Kier molecular flexibility index (Phi) is 51.9. The number of ether oxygens (including phenoxy) is 3. The van der Waals surface area contributed by atoms with E-state index in [0.717, 1.165) is 70.6 Å². The lowest BCUT2D eigenvalue weighted by Gasteiger charge is -2.18. The highest BCUT2D eigenvalue weighted by molar-refractivity contribution is 5.72. The van der Waals surface area contributed by atoms with E-state index >= 15 is 0 Å². The van der Waals surface area contributed by atoms with Crippen LogP contribution in [0.1, 0.15) is 271 Å². The summed E-state index contributed by atoms with van der Waals surface area (Å²) < 4.78 is 16.7. The van der Waals surface area contributed by atoms with Crippen LogP contribution in [0.15, 0.2) is 72.9 Å². The number of carbonyl (C=O) groups excluding carboxylic acids is 3. The fraction of sp³-hybridized carbons (Fsp3) is 0.750. The predicted octanol–water partition coefficient (Wildman–Crippen LogP) is 18.6. The summed E-state index contributed by atoms with van der Waals surface area (Å²) in [4.78, 5) is 38.0. The van der Waals surface area contributed by atoms with Gasteiger partial charge < -0.3 is 14.2 Å². The van der Waals surface area contributed by atoms with E-state index in [1.807, 2.05) is 6.08 Å². The first-order valence-corrected chi connectivity index (χ1v) is 27.9. The second kappa shape index (κ2) is 54.5. The molecule has 0 spiro atoms. The van der Waals surface area contributed by atoms with Gasteiger partial charge in [0, 0.05) is 12.8 Å². The van der Waals surface area contributed by atoms with Crippen LogP contribution in [-0.4, -0.2) is 37.2 Å². The zero-order valence-corrected chi connectivity index (χ0v) is 43.4. The van der Waals surface area contributed by atoms with E-state index in [4.69, 9.17) is 14.2 Å². The van der Waals surface area contributed by atoms with Crippen LogP contribution in [0.3, 0.4) is 0 Å². The summed E-state index contributed by atoms with van der Waals surface area (Å²) in [6.07, 6.45) is 69.2. The third-order valence-electron chi connectivity index (χ3n) is 12.0. The Balaban J connectivity index is 4.46. The van der Waals surface area contributed by atoms with Crippen molar-refractivity contribution in [2.75, 3.05) is 13.2 Å². The summed E-state index contributed by atoms with van der Waals surface area (Å²) in [5.41, 5.74) is 0. The Bertz CT molecular complexity index is 1240. The van der Waals surface area contributed by atoms with Crippen LogP contribution >= 0.6 is 0 Å². The normalized spacial score (nSPS) is 12.6. The maximum Gasteiger partial charge on any atom is 0.310 e. The van der Waals surface area contributed by atoms with Crippen molar-refractivity contribution in [3.05, 3.63) is 72.9 Å². The molecule has 0 saturated heterocycles. The summed E-state index contributed by atoms with van der Waals surface area (Å²) >= 11 is 0. The molecule has 0 amide bonds.